The van der Waals surface area contributed by atoms with Crippen LogP contribution < -0.4 is 0 Å². The Kier molecular flexibility index (Phi) is 17.2. The van der Waals surface area contributed by atoms with E-state index in [2.05, 4.69) is 32.6 Å². The maximum atomic E-state index is 3.89. The molecule has 1 unspecified atom stereocenters. The van der Waals surface area contributed by atoms with E-state index in [4.69, 9.17) is 0 Å². The van der Waals surface area contributed by atoms with Crippen LogP contribution in [0.25, 0.3) is 0 Å². The predicted octanol–water partition coefficient (Wildman–Crippen LogP) is 7.15. The fraction of sp³-hybridized carbons (Fsp3) is 0.810. The lowest BCUT2D eigenvalue weighted by Crippen LogP contribution is -1.94. The zero-order valence-electron chi connectivity index (χ0n) is 14.6. The van der Waals surface area contributed by atoms with Gasteiger partial charge in [0.15, 0.2) is 0 Å². The first-order chi connectivity index (χ1) is 10.3. The van der Waals surface area contributed by atoms with E-state index in [1.165, 1.54) is 70.6 Å². The Morgan fingerprint density at radius 2 is 1.10 bits per heavy atom. The van der Waals surface area contributed by atoms with Gasteiger partial charge in [0.1, 0.15) is 0 Å². The Labute approximate surface area is 135 Å². The van der Waals surface area contributed by atoms with Crippen LogP contribution in [-0.4, -0.2) is 0 Å². The van der Waals surface area contributed by atoms with Crippen molar-refractivity contribution in [1.29, 1.82) is 0 Å². The molecule has 0 saturated carbocycles. The molecule has 1 atom stereocenters. The van der Waals surface area contributed by atoms with Gasteiger partial charge in [0.05, 0.1) is 0 Å². The van der Waals surface area contributed by atoms with Gasteiger partial charge in [-0.15, -0.1) is 11.8 Å². The molecule has 0 bridgehead atoms. The summed E-state index contributed by atoms with van der Waals surface area (Å²) in [6, 6.07) is 0. The third-order valence-corrected chi connectivity index (χ3v) is 4.12. The summed E-state index contributed by atoms with van der Waals surface area (Å²) in [6.07, 6.45) is 19.1. The second-order valence-electron chi connectivity index (χ2n) is 6.43. The van der Waals surface area contributed by atoms with Crippen LogP contribution in [0.1, 0.15) is 103 Å². The van der Waals surface area contributed by atoms with Gasteiger partial charge in [-0.05, 0) is 25.2 Å². The molecule has 0 aliphatic heterocycles. The number of unbranched alkanes of at least 4 members (excludes halogenated alkanes) is 10. The van der Waals surface area contributed by atoms with E-state index < -0.39 is 0 Å². The monoisotopic (exact) mass is 290 g/mol. The van der Waals surface area contributed by atoms with Crippen molar-refractivity contribution in [1.82, 2.24) is 0 Å². The quantitative estimate of drug-likeness (QED) is 0.235. The molecule has 0 aromatic carbocycles. The van der Waals surface area contributed by atoms with Gasteiger partial charge in [0.25, 0.3) is 0 Å². The number of hydrogen-bond acceptors (Lipinski definition) is 0. The van der Waals surface area contributed by atoms with Gasteiger partial charge in [-0.3, -0.25) is 0 Å². The summed E-state index contributed by atoms with van der Waals surface area (Å²) < 4.78 is 0. The van der Waals surface area contributed by atoms with Crippen molar-refractivity contribution in [3.63, 3.8) is 0 Å². The fourth-order valence-electron chi connectivity index (χ4n) is 2.63. The van der Waals surface area contributed by atoms with E-state index >= 15 is 0 Å². The van der Waals surface area contributed by atoms with Crippen LogP contribution in [0, 0.1) is 31.6 Å². The van der Waals surface area contributed by atoms with Crippen LogP contribution in [-0.2, 0) is 0 Å². The normalized spacial score (nSPS) is 12.0. The molecule has 0 heteroatoms. The molecule has 0 aliphatic carbocycles. The molecule has 0 fully saturated rings. The molecule has 122 valence electrons. The Bertz CT molecular complexity index is 242. The highest BCUT2D eigenvalue weighted by atomic mass is 14.1. The van der Waals surface area contributed by atoms with Crippen molar-refractivity contribution < 1.29 is 0 Å². The third-order valence-electron chi connectivity index (χ3n) is 4.12. The molecule has 0 aromatic rings. The molecule has 0 spiro atoms. The van der Waals surface area contributed by atoms with Gasteiger partial charge in [0.2, 0.25) is 0 Å². The molecule has 2 radical (unpaired) electrons. The zero-order valence-corrected chi connectivity index (χ0v) is 14.6. The lowest BCUT2D eigenvalue weighted by molar-refractivity contribution is 0.451. The molecule has 0 N–H and O–H groups in total. The maximum absolute atomic E-state index is 3.89. The van der Waals surface area contributed by atoms with Crippen LogP contribution >= 0.6 is 0 Å². The summed E-state index contributed by atoms with van der Waals surface area (Å²) >= 11 is 0. The third kappa shape index (κ3) is 17.5. The smallest absolute Gasteiger partial charge is 0.00887 e. The first-order valence-electron chi connectivity index (χ1n) is 9.35. The first-order valence-corrected chi connectivity index (χ1v) is 9.35. The predicted molar refractivity (Wildman–Crippen MR) is 96.9 cm³/mol. The van der Waals surface area contributed by atoms with Gasteiger partial charge in [0, 0.05) is 12.8 Å². The molecule has 0 saturated heterocycles. The van der Waals surface area contributed by atoms with Crippen LogP contribution in [0.5, 0.6) is 0 Å². The summed E-state index contributed by atoms with van der Waals surface area (Å²) in [7, 11) is 0. The van der Waals surface area contributed by atoms with Crippen LogP contribution in [0.3, 0.4) is 0 Å². The zero-order chi connectivity index (χ0) is 15.6. The van der Waals surface area contributed by atoms with E-state index in [1.807, 2.05) is 0 Å². The van der Waals surface area contributed by atoms with E-state index in [1.54, 1.807) is 0 Å². The van der Waals surface area contributed by atoms with Crippen LogP contribution in [0.2, 0.25) is 0 Å². The highest BCUT2D eigenvalue weighted by Gasteiger charge is 2.00. The Hall–Kier alpha value is -0.440. The van der Waals surface area contributed by atoms with Crippen molar-refractivity contribution in [3.8, 4) is 11.8 Å². The number of hydrogen-bond donors (Lipinski definition) is 0. The van der Waals surface area contributed by atoms with E-state index in [9.17, 15) is 0 Å². The second-order valence-corrected chi connectivity index (χ2v) is 6.43. The SMILES string of the molecule is [CH2]CCCCCCCC#CCCCC(C)CCCCC[CH2]. The summed E-state index contributed by atoms with van der Waals surface area (Å²) in [4.78, 5) is 0. The van der Waals surface area contributed by atoms with Crippen molar-refractivity contribution in [2.45, 2.75) is 103 Å². The van der Waals surface area contributed by atoms with E-state index in [0.717, 1.165) is 31.6 Å². The first kappa shape index (κ1) is 20.6. The lowest BCUT2D eigenvalue weighted by atomic mass is 9.97. The molecular weight excluding hydrogens is 252 g/mol. The van der Waals surface area contributed by atoms with Gasteiger partial charge < -0.3 is 0 Å². The maximum Gasteiger partial charge on any atom is 0.00887 e. The summed E-state index contributed by atoms with van der Waals surface area (Å²) in [6.45, 7) is 10.2. The minimum Gasteiger partial charge on any atom is -0.103 e. The van der Waals surface area contributed by atoms with Crippen molar-refractivity contribution in [3.05, 3.63) is 13.8 Å². The van der Waals surface area contributed by atoms with Gasteiger partial charge in [-0.25, -0.2) is 0 Å². The molecule has 0 nitrogen and oxygen atoms in total. The molecule has 0 aromatic heterocycles. The highest BCUT2D eigenvalue weighted by molar-refractivity contribution is 4.98. The van der Waals surface area contributed by atoms with E-state index in [0.29, 0.717) is 0 Å². The summed E-state index contributed by atoms with van der Waals surface area (Å²) in [5, 5.41) is 0. The molecule has 0 amide bonds. The van der Waals surface area contributed by atoms with E-state index in [-0.39, 0.29) is 0 Å². The minimum absolute atomic E-state index is 0.879. The highest BCUT2D eigenvalue weighted by Crippen LogP contribution is 2.16. The van der Waals surface area contributed by atoms with Crippen molar-refractivity contribution in [2.24, 2.45) is 5.92 Å². The molecular formula is C21H38. The fourth-order valence-corrected chi connectivity index (χ4v) is 2.63. The number of rotatable bonds is 14. The molecule has 0 aliphatic rings. The Morgan fingerprint density at radius 1 is 0.619 bits per heavy atom. The molecule has 21 heavy (non-hydrogen) atoms. The second kappa shape index (κ2) is 17.6. The van der Waals surface area contributed by atoms with Crippen LogP contribution in [0.4, 0.5) is 0 Å². The topological polar surface area (TPSA) is 0 Å². The Balaban J connectivity index is 3.24. The van der Waals surface area contributed by atoms with Crippen molar-refractivity contribution in [2.75, 3.05) is 0 Å². The van der Waals surface area contributed by atoms with Gasteiger partial charge in [-0.1, -0.05) is 85.0 Å². The summed E-state index contributed by atoms with van der Waals surface area (Å²) in [5.74, 6) is 7.57. The lowest BCUT2D eigenvalue weighted by Gasteiger charge is -2.09. The van der Waals surface area contributed by atoms with Gasteiger partial charge in [-0.2, -0.15) is 0 Å². The average Bonchev–Trinajstić information content (AvgIpc) is 2.49. The van der Waals surface area contributed by atoms with Gasteiger partial charge >= 0.3 is 0 Å². The molecule has 0 rings (SSSR count). The standard InChI is InChI=1S/C21H38/c1-4-6-8-10-11-12-13-14-15-16-18-20-21(3)19-17-9-7-5-2/h21H,1-2,4-13,16-20H2,3H3. The van der Waals surface area contributed by atoms with Crippen molar-refractivity contribution >= 4 is 0 Å². The average molecular weight is 291 g/mol. The minimum atomic E-state index is 0.879. The Morgan fingerprint density at radius 3 is 1.76 bits per heavy atom. The van der Waals surface area contributed by atoms with Crippen LogP contribution in [0.15, 0.2) is 0 Å². The molecule has 0 heterocycles. The summed E-state index contributed by atoms with van der Waals surface area (Å²) in [5.41, 5.74) is 0. The largest absolute Gasteiger partial charge is 0.103 e.